The zero-order chi connectivity index (χ0) is 9.84. The van der Waals surface area contributed by atoms with Gasteiger partial charge in [-0.3, -0.25) is 4.79 Å². The number of hydrogen-bond acceptors (Lipinski definition) is 3. The molecule has 70 valence electrons. The second kappa shape index (κ2) is 4.03. The summed E-state index contributed by atoms with van der Waals surface area (Å²) in [5.74, 6) is 0.417. The van der Waals surface area contributed by atoms with Gasteiger partial charge in [0.25, 0.3) is 0 Å². The number of ketones is 1. The van der Waals surface area contributed by atoms with Gasteiger partial charge in [0.2, 0.25) is 5.88 Å². The number of nitrogens with zero attached hydrogens (tertiary/aromatic N) is 1. The summed E-state index contributed by atoms with van der Waals surface area (Å²) in [7, 11) is 0. The van der Waals surface area contributed by atoms with E-state index in [2.05, 4.69) is 4.98 Å². The van der Waals surface area contributed by atoms with Crippen molar-refractivity contribution in [1.82, 2.24) is 4.98 Å². The second-order valence-corrected chi connectivity index (χ2v) is 2.85. The molecule has 1 aromatic heterocycles. The Morgan fingerprint density at radius 3 is 2.85 bits per heavy atom. The van der Waals surface area contributed by atoms with E-state index in [0.717, 1.165) is 5.56 Å². The van der Waals surface area contributed by atoms with Crippen molar-refractivity contribution in [3.63, 3.8) is 0 Å². The highest BCUT2D eigenvalue weighted by molar-refractivity contribution is 5.96. The summed E-state index contributed by atoms with van der Waals surface area (Å²) in [4.78, 5) is 15.2. The van der Waals surface area contributed by atoms with Crippen molar-refractivity contribution in [2.45, 2.75) is 20.8 Å². The topological polar surface area (TPSA) is 39.2 Å². The summed E-state index contributed by atoms with van der Waals surface area (Å²) in [6.45, 7) is 5.80. The molecule has 0 atom stereocenters. The van der Waals surface area contributed by atoms with Crippen molar-refractivity contribution < 1.29 is 9.53 Å². The molecule has 0 aliphatic rings. The lowest BCUT2D eigenvalue weighted by atomic mass is 10.1. The van der Waals surface area contributed by atoms with Gasteiger partial charge in [-0.1, -0.05) is 0 Å². The Hall–Kier alpha value is -1.38. The number of rotatable bonds is 3. The fraction of sp³-hybridized carbons (Fsp3) is 0.400. The second-order valence-electron chi connectivity index (χ2n) is 2.85. The number of pyridine rings is 1. The predicted molar refractivity (Wildman–Crippen MR) is 50.1 cm³/mol. The van der Waals surface area contributed by atoms with E-state index in [1.54, 1.807) is 12.3 Å². The van der Waals surface area contributed by atoms with Crippen molar-refractivity contribution in [1.29, 1.82) is 0 Å². The molecule has 0 spiro atoms. The highest BCUT2D eigenvalue weighted by atomic mass is 16.5. The maximum Gasteiger partial charge on any atom is 0.224 e. The SMILES string of the molecule is CCOc1ncc(C)cc1C(C)=O. The minimum absolute atomic E-state index is 0.0142. The minimum atomic E-state index is -0.0142. The number of aryl methyl sites for hydroxylation is 1. The van der Waals surface area contributed by atoms with Crippen molar-refractivity contribution in [2.75, 3.05) is 6.61 Å². The summed E-state index contributed by atoms with van der Waals surface area (Å²) in [6.07, 6.45) is 1.69. The molecular formula is C10H13NO2. The van der Waals surface area contributed by atoms with E-state index in [1.165, 1.54) is 6.92 Å². The Bertz CT molecular complexity index is 321. The number of carbonyl (C=O) groups excluding carboxylic acids is 1. The van der Waals surface area contributed by atoms with Crippen LogP contribution in [0.3, 0.4) is 0 Å². The van der Waals surface area contributed by atoms with Crippen molar-refractivity contribution >= 4 is 5.78 Å². The first-order valence-corrected chi connectivity index (χ1v) is 4.25. The predicted octanol–water partition coefficient (Wildman–Crippen LogP) is 1.99. The fourth-order valence-electron chi connectivity index (χ4n) is 1.06. The third-order valence-electron chi connectivity index (χ3n) is 1.65. The molecule has 0 bridgehead atoms. The van der Waals surface area contributed by atoms with Gasteiger partial charge in [0, 0.05) is 6.20 Å². The number of carbonyl (C=O) groups is 1. The van der Waals surface area contributed by atoms with Gasteiger partial charge in [0.1, 0.15) is 0 Å². The van der Waals surface area contributed by atoms with Crippen molar-refractivity contribution in [3.05, 3.63) is 23.4 Å². The molecule has 1 aromatic rings. The first-order valence-electron chi connectivity index (χ1n) is 4.25. The molecule has 0 amide bonds. The lowest BCUT2D eigenvalue weighted by Gasteiger charge is -2.06. The van der Waals surface area contributed by atoms with Crippen LogP contribution in [-0.2, 0) is 0 Å². The van der Waals surface area contributed by atoms with Gasteiger partial charge in [-0.25, -0.2) is 4.98 Å². The van der Waals surface area contributed by atoms with Gasteiger partial charge in [0.15, 0.2) is 5.78 Å². The van der Waals surface area contributed by atoms with E-state index in [0.29, 0.717) is 18.1 Å². The lowest BCUT2D eigenvalue weighted by molar-refractivity contribution is 0.101. The molecule has 0 saturated carbocycles. The van der Waals surface area contributed by atoms with E-state index in [1.807, 2.05) is 13.8 Å². The van der Waals surface area contributed by atoms with Gasteiger partial charge in [0.05, 0.1) is 12.2 Å². The number of hydrogen-bond donors (Lipinski definition) is 0. The Morgan fingerprint density at radius 1 is 1.62 bits per heavy atom. The standard InChI is InChI=1S/C10H13NO2/c1-4-13-10-9(8(3)12)5-7(2)6-11-10/h5-6H,4H2,1-3H3. The Labute approximate surface area is 77.8 Å². The van der Waals surface area contributed by atoms with E-state index in [4.69, 9.17) is 4.74 Å². The van der Waals surface area contributed by atoms with Crippen molar-refractivity contribution in [2.24, 2.45) is 0 Å². The number of ether oxygens (including phenoxy) is 1. The molecule has 0 aliphatic carbocycles. The maximum atomic E-state index is 11.2. The summed E-state index contributed by atoms with van der Waals surface area (Å²) in [6, 6.07) is 1.79. The lowest BCUT2D eigenvalue weighted by Crippen LogP contribution is -2.03. The van der Waals surface area contributed by atoms with Crippen LogP contribution < -0.4 is 4.74 Å². The first-order chi connectivity index (χ1) is 6.15. The van der Waals surface area contributed by atoms with Crippen LogP contribution in [0.1, 0.15) is 29.8 Å². The average Bonchev–Trinajstić information content (AvgIpc) is 2.08. The Morgan fingerprint density at radius 2 is 2.31 bits per heavy atom. The summed E-state index contributed by atoms with van der Waals surface area (Å²) in [5.41, 5.74) is 1.52. The molecule has 3 heteroatoms. The maximum absolute atomic E-state index is 11.2. The molecule has 1 rings (SSSR count). The molecule has 1 heterocycles. The molecule has 3 nitrogen and oxygen atoms in total. The average molecular weight is 179 g/mol. The normalized spacial score (nSPS) is 9.77. The smallest absolute Gasteiger partial charge is 0.224 e. The van der Waals surface area contributed by atoms with Gasteiger partial charge in [-0.05, 0) is 32.4 Å². The van der Waals surface area contributed by atoms with Gasteiger partial charge in [-0.2, -0.15) is 0 Å². The van der Waals surface area contributed by atoms with E-state index < -0.39 is 0 Å². The van der Waals surface area contributed by atoms with E-state index >= 15 is 0 Å². The van der Waals surface area contributed by atoms with Crippen LogP contribution in [0.25, 0.3) is 0 Å². The Balaban J connectivity index is 3.10. The molecule has 0 unspecified atom stereocenters. The van der Waals surface area contributed by atoms with Gasteiger partial charge >= 0.3 is 0 Å². The molecule has 0 fully saturated rings. The van der Waals surface area contributed by atoms with Crippen LogP contribution in [0.5, 0.6) is 5.88 Å². The molecule has 13 heavy (non-hydrogen) atoms. The highest BCUT2D eigenvalue weighted by Crippen LogP contribution is 2.16. The quantitative estimate of drug-likeness (QED) is 0.666. The Kier molecular flexibility index (Phi) is 3.01. The van der Waals surface area contributed by atoms with Crippen LogP contribution in [0.4, 0.5) is 0 Å². The van der Waals surface area contributed by atoms with E-state index in [-0.39, 0.29) is 5.78 Å². The van der Waals surface area contributed by atoms with Crippen LogP contribution in [-0.4, -0.2) is 17.4 Å². The third-order valence-corrected chi connectivity index (χ3v) is 1.65. The molecule has 0 radical (unpaired) electrons. The molecule has 0 N–H and O–H groups in total. The van der Waals surface area contributed by atoms with Gasteiger partial charge in [-0.15, -0.1) is 0 Å². The highest BCUT2D eigenvalue weighted by Gasteiger charge is 2.09. The van der Waals surface area contributed by atoms with E-state index in [9.17, 15) is 4.79 Å². The molecule has 0 saturated heterocycles. The minimum Gasteiger partial charge on any atom is -0.477 e. The van der Waals surface area contributed by atoms with Crippen LogP contribution in [0, 0.1) is 6.92 Å². The summed E-state index contributed by atoms with van der Waals surface area (Å²) < 4.78 is 5.22. The zero-order valence-corrected chi connectivity index (χ0v) is 8.13. The van der Waals surface area contributed by atoms with Crippen LogP contribution >= 0.6 is 0 Å². The summed E-state index contributed by atoms with van der Waals surface area (Å²) >= 11 is 0. The molecular weight excluding hydrogens is 166 g/mol. The monoisotopic (exact) mass is 179 g/mol. The molecule has 0 aromatic carbocycles. The van der Waals surface area contributed by atoms with Gasteiger partial charge < -0.3 is 4.74 Å². The molecule has 0 aliphatic heterocycles. The third kappa shape index (κ3) is 2.28. The largest absolute Gasteiger partial charge is 0.477 e. The number of aromatic nitrogens is 1. The zero-order valence-electron chi connectivity index (χ0n) is 8.13. The summed E-state index contributed by atoms with van der Waals surface area (Å²) in [5, 5.41) is 0. The fourth-order valence-corrected chi connectivity index (χ4v) is 1.06. The first kappa shape index (κ1) is 9.71. The van der Waals surface area contributed by atoms with Crippen LogP contribution in [0.15, 0.2) is 12.3 Å². The van der Waals surface area contributed by atoms with Crippen molar-refractivity contribution in [3.8, 4) is 5.88 Å². The number of Topliss-reactive ketones (excluding diaryl/α,β-unsaturated/α-hetero) is 1. The van der Waals surface area contributed by atoms with Crippen LogP contribution in [0.2, 0.25) is 0 Å².